The molecule has 0 radical (unpaired) electrons. The molecule has 0 bridgehead atoms. The first-order valence-electron chi connectivity index (χ1n) is 7.60. The smallest absolute Gasteiger partial charge is 0.256 e. The highest BCUT2D eigenvalue weighted by molar-refractivity contribution is 7.16. The zero-order chi connectivity index (χ0) is 15.3. The molecule has 2 heterocycles. The number of halogens is 1. The number of amides is 1. The van der Waals surface area contributed by atoms with Crippen LogP contribution in [0.3, 0.4) is 0 Å². The van der Waals surface area contributed by atoms with Crippen molar-refractivity contribution >= 4 is 22.2 Å². The molecule has 2 aromatic rings. The van der Waals surface area contributed by atoms with Crippen molar-refractivity contribution in [3.63, 3.8) is 0 Å². The Labute approximate surface area is 132 Å². The molecule has 114 valence electrons. The van der Waals surface area contributed by atoms with Gasteiger partial charge in [0.05, 0.1) is 5.56 Å². The lowest BCUT2D eigenvalue weighted by atomic mass is 9.88. The minimum Gasteiger partial charge on any atom is -0.353 e. The standard InChI is InChI=1S/C17H17FN2OS/c1-9-6-7-11-13(8-9)22-17-14(11)16(21)19-15(20-17)10-4-2-3-5-12(10)18/h2-5,9,15,20H,6-8H2,1H3,(H,19,21). The number of carbonyl (C=O) groups is 1. The number of nitrogens with one attached hydrogen (secondary N) is 2. The van der Waals surface area contributed by atoms with E-state index >= 15 is 0 Å². The van der Waals surface area contributed by atoms with E-state index in [1.54, 1.807) is 29.5 Å². The first-order valence-corrected chi connectivity index (χ1v) is 8.41. The molecule has 22 heavy (non-hydrogen) atoms. The van der Waals surface area contributed by atoms with Crippen LogP contribution < -0.4 is 10.6 Å². The molecule has 2 N–H and O–H groups in total. The van der Waals surface area contributed by atoms with Gasteiger partial charge in [0.15, 0.2) is 0 Å². The molecule has 1 amide bonds. The molecule has 2 aliphatic rings. The van der Waals surface area contributed by atoms with E-state index in [1.807, 2.05) is 0 Å². The van der Waals surface area contributed by atoms with Crippen molar-refractivity contribution in [2.24, 2.45) is 5.92 Å². The maximum Gasteiger partial charge on any atom is 0.256 e. The van der Waals surface area contributed by atoms with E-state index < -0.39 is 6.17 Å². The highest BCUT2D eigenvalue weighted by Crippen LogP contribution is 2.42. The Bertz CT molecular complexity index is 755. The Kier molecular flexibility index (Phi) is 3.18. The van der Waals surface area contributed by atoms with Gasteiger partial charge in [-0.25, -0.2) is 4.39 Å². The Morgan fingerprint density at radius 2 is 2.09 bits per heavy atom. The van der Waals surface area contributed by atoms with Gasteiger partial charge in [-0.1, -0.05) is 25.1 Å². The maximum atomic E-state index is 14.0. The van der Waals surface area contributed by atoms with Gasteiger partial charge in [0.1, 0.15) is 17.0 Å². The Hall–Kier alpha value is -1.88. The summed E-state index contributed by atoms with van der Waals surface area (Å²) in [6.45, 7) is 2.25. The van der Waals surface area contributed by atoms with Crippen LogP contribution >= 0.6 is 11.3 Å². The highest BCUT2D eigenvalue weighted by Gasteiger charge is 2.33. The predicted octanol–water partition coefficient (Wildman–Crippen LogP) is 3.87. The second-order valence-corrected chi connectivity index (χ2v) is 7.23. The number of benzene rings is 1. The fourth-order valence-electron chi connectivity index (χ4n) is 3.33. The average molecular weight is 316 g/mol. The number of hydrogen-bond acceptors (Lipinski definition) is 3. The summed E-state index contributed by atoms with van der Waals surface area (Å²) in [5.41, 5.74) is 2.44. The molecule has 2 unspecified atom stereocenters. The van der Waals surface area contributed by atoms with E-state index in [0.29, 0.717) is 11.5 Å². The van der Waals surface area contributed by atoms with Crippen LogP contribution in [0.1, 0.15) is 45.9 Å². The van der Waals surface area contributed by atoms with Crippen LogP contribution in [0.15, 0.2) is 24.3 Å². The second-order valence-electron chi connectivity index (χ2n) is 6.13. The zero-order valence-electron chi connectivity index (χ0n) is 12.3. The molecule has 5 heteroatoms. The summed E-state index contributed by atoms with van der Waals surface area (Å²) in [5, 5.41) is 7.08. The van der Waals surface area contributed by atoms with Crippen LogP contribution in [0.2, 0.25) is 0 Å². The maximum absolute atomic E-state index is 14.0. The molecule has 3 nitrogen and oxygen atoms in total. The van der Waals surface area contributed by atoms with Crippen LogP contribution in [0.4, 0.5) is 9.39 Å². The number of thiophene rings is 1. The molecule has 1 aromatic carbocycles. The minimum absolute atomic E-state index is 0.0888. The van der Waals surface area contributed by atoms with E-state index in [-0.39, 0.29) is 11.7 Å². The monoisotopic (exact) mass is 316 g/mol. The first kappa shape index (κ1) is 13.8. The van der Waals surface area contributed by atoms with Crippen LogP contribution in [0.5, 0.6) is 0 Å². The summed E-state index contributed by atoms with van der Waals surface area (Å²) in [6.07, 6.45) is 2.62. The van der Waals surface area contributed by atoms with Gasteiger partial charge in [-0.3, -0.25) is 4.79 Å². The number of carbonyl (C=O) groups excluding carboxylic acids is 1. The third kappa shape index (κ3) is 2.11. The predicted molar refractivity (Wildman–Crippen MR) is 85.7 cm³/mol. The minimum atomic E-state index is -0.501. The van der Waals surface area contributed by atoms with Crippen LogP contribution in [-0.4, -0.2) is 5.91 Å². The van der Waals surface area contributed by atoms with Gasteiger partial charge in [0.25, 0.3) is 5.91 Å². The molecule has 4 rings (SSSR count). The van der Waals surface area contributed by atoms with Gasteiger partial charge in [-0.15, -0.1) is 11.3 Å². The average Bonchev–Trinajstić information content (AvgIpc) is 2.85. The molecule has 0 spiro atoms. The fourth-order valence-corrected chi connectivity index (χ4v) is 4.76. The lowest BCUT2D eigenvalue weighted by Gasteiger charge is -2.27. The number of fused-ring (bicyclic) bond motifs is 3. The molecule has 0 saturated heterocycles. The Morgan fingerprint density at radius 1 is 1.27 bits per heavy atom. The first-order chi connectivity index (χ1) is 10.6. The van der Waals surface area contributed by atoms with Crippen molar-refractivity contribution in [3.05, 3.63) is 51.7 Å². The highest BCUT2D eigenvalue weighted by atomic mass is 32.1. The third-order valence-electron chi connectivity index (χ3n) is 4.51. The molecule has 1 aromatic heterocycles. The summed E-state index contributed by atoms with van der Waals surface area (Å²) in [5.74, 6) is 0.269. The summed E-state index contributed by atoms with van der Waals surface area (Å²) in [4.78, 5) is 13.8. The van der Waals surface area contributed by atoms with Gasteiger partial charge >= 0.3 is 0 Å². The molecular weight excluding hydrogens is 299 g/mol. The van der Waals surface area contributed by atoms with Gasteiger partial charge in [-0.05, 0) is 36.8 Å². The quantitative estimate of drug-likeness (QED) is 0.838. The molecule has 2 atom stereocenters. The third-order valence-corrected chi connectivity index (χ3v) is 5.69. The van der Waals surface area contributed by atoms with E-state index in [4.69, 9.17) is 0 Å². The molecule has 0 fully saturated rings. The van der Waals surface area contributed by atoms with Crippen LogP contribution in [0, 0.1) is 11.7 Å². The second kappa shape index (κ2) is 5.09. The van der Waals surface area contributed by atoms with E-state index in [0.717, 1.165) is 29.8 Å². The van der Waals surface area contributed by atoms with Gasteiger partial charge < -0.3 is 10.6 Å². The Balaban J connectivity index is 1.73. The summed E-state index contributed by atoms with van der Waals surface area (Å²) in [7, 11) is 0. The van der Waals surface area contributed by atoms with Crippen molar-refractivity contribution in [2.75, 3.05) is 5.32 Å². The lowest BCUT2D eigenvalue weighted by molar-refractivity contribution is 0.0934. The fraction of sp³-hybridized carbons (Fsp3) is 0.353. The molecule has 0 saturated carbocycles. The van der Waals surface area contributed by atoms with E-state index in [9.17, 15) is 9.18 Å². The van der Waals surface area contributed by atoms with Crippen molar-refractivity contribution in [1.29, 1.82) is 0 Å². The van der Waals surface area contributed by atoms with Crippen molar-refractivity contribution in [3.8, 4) is 0 Å². The SMILES string of the molecule is CC1CCc2c(sc3c2C(=O)NC(c2ccccc2F)N3)C1. The Morgan fingerprint density at radius 3 is 2.91 bits per heavy atom. The van der Waals surface area contributed by atoms with Gasteiger partial charge in [0, 0.05) is 10.4 Å². The summed E-state index contributed by atoms with van der Waals surface area (Å²) in [6, 6.07) is 6.55. The van der Waals surface area contributed by atoms with Crippen molar-refractivity contribution < 1.29 is 9.18 Å². The largest absolute Gasteiger partial charge is 0.353 e. The summed E-state index contributed by atoms with van der Waals surface area (Å²) >= 11 is 1.66. The number of rotatable bonds is 1. The molecular formula is C17H17FN2OS. The normalized spacial score (nSPS) is 23.3. The molecule has 1 aliphatic heterocycles. The van der Waals surface area contributed by atoms with Gasteiger partial charge in [0.2, 0.25) is 0 Å². The van der Waals surface area contributed by atoms with Crippen molar-refractivity contribution in [2.45, 2.75) is 32.4 Å². The number of anilines is 1. The zero-order valence-corrected chi connectivity index (χ0v) is 13.1. The van der Waals surface area contributed by atoms with E-state index in [2.05, 4.69) is 17.6 Å². The van der Waals surface area contributed by atoms with Crippen molar-refractivity contribution in [1.82, 2.24) is 5.32 Å². The number of hydrogen-bond donors (Lipinski definition) is 2. The van der Waals surface area contributed by atoms with Gasteiger partial charge in [-0.2, -0.15) is 0 Å². The van der Waals surface area contributed by atoms with Crippen LogP contribution in [0.25, 0.3) is 0 Å². The summed E-state index contributed by atoms with van der Waals surface area (Å²) < 4.78 is 14.0. The molecule has 1 aliphatic carbocycles. The van der Waals surface area contributed by atoms with Crippen LogP contribution in [-0.2, 0) is 12.8 Å². The topological polar surface area (TPSA) is 41.1 Å². The lowest BCUT2D eigenvalue weighted by Crippen LogP contribution is -2.38. The van der Waals surface area contributed by atoms with E-state index in [1.165, 1.54) is 16.5 Å².